The summed E-state index contributed by atoms with van der Waals surface area (Å²) in [6, 6.07) is 1.83. The van der Waals surface area contributed by atoms with Crippen molar-refractivity contribution in [2.75, 3.05) is 14.2 Å². The van der Waals surface area contributed by atoms with Crippen LogP contribution in [0.1, 0.15) is 5.56 Å². The largest absolute Gasteiger partial charge is 0.493 e. The summed E-state index contributed by atoms with van der Waals surface area (Å²) in [5, 5.41) is 32.5. The van der Waals surface area contributed by atoms with Gasteiger partial charge in [-0.05, 0) is 6.07 Å². The lowest BCUT2D eigenvalue weighted by Gasteiger charge is -2.45. The third-order valence-corrected chi connectivity index (χ3v) is 7.71. The zero-order valence-electron chi connectivity index (χ0n) is 20.9. The molecular weight excluding hydrogens is 670 g/mol. The number of nitro benzene ring substituents is 1. The standard InChI is InChI=1S/C15H25NO22P4/c1-32-8-3-6(7(16(19)20)4-9(8)33-2)5-34-42(30,31)38-14-11(18)12(35-39(21,22)23)10(17)13(36-40(24,25)26)15(14)37-41(27,28)29/h3-4,10-15,17-18H,5H2,1-2H3,(H,30,31)(H2,21,22,23)(H2,24,25,26)(H2,27,28,29)/t10-,11-,12-,13+,14-,15-/m0/s1. The zero-order chi connectivity index (χ0) is 32.4. The molecule has 7 atom stereocenters. The SMILES string of the molecule is COc1cc(COP(=O)(O)O[C@H]2[C@@H](O)[C@@H](OP(=O)(O)O)[C@H](O)[C@@H](OP(=O)(O)O)[C@@H]2OP(=O)(O)O)c([N+](=O)[O-])cc1OC. The van der Waals surface area contributed by atoms with Gasteiger partial charge in [0.15, 0.2) is 11.5 Å². The first-order chi connectivity index (χ1) is 19.0. The minimum absolute atomic E-state index is 0.1000. The van der Waals surface area contributed by atoms with Crippen molar-refractivity contribution in [1.82, 2.24) is 0 Å². The number of ether oxygens (including phenoxy) is 2. The van der Waals surface area contributed by atoms with E-state index in [0.717, 1.165) is 26.4 Å². The van der Waals surface area contributed by atoms with Crippen LogP contribution < -0.4 is 9.47 Å². The number of hydrogen-bond donors (Lipinski definition) is 9. The maximum Gasteiger partial charge on any atom is 0.472 e. The molecule has 1 aliphatic carbocycles. The molecule has 42 heavy (non-hydrogen) atoms. The fraction of sp³-hybridized carbons (Fsp3) is 0.600. The summed E-state index contributed by atoms with van der Waals surface area (Å²) < 4.78 is 79.2. The minimum atomic E-state index is -5.79. The quantitative estimate of drug-likeness (QED) is 0.0625. The number of phosphoric ester groups is 4. The van der Waals surface area contributed by atoms with Gasteiger partial charge >= 0.3 is 31.3 Å². The van der Waals surface area contributed by atoms with E-state index in [0.29, 0.717) is 0 Å². The molecule has 1 unspecified atom stereocenters. The van der Waals surface area contributed by atoms with Crippen molar-refractivity contribution in [2.45, 2.75) is 43.2 Å². The Hall–Kier alpha value is -1.42. The molecule has 1 aromatic carbocycles. The molecule has 9 N–H and O–H groups in total. The molecule has 0 radical (unpaired) electrons. The Labute approximate surface area is 234 Å². The van der Waals surface area contributed by atoms with E-state index in [2.05, 4.69) is 22.6 Å². The Balaban J connectivity index is 2.52. The Morgan fingerprint density at radius 3 is 1.55 bits per heavy atom. The number of aliphatic hydroxyl groups excluding tert-OH is 2. The van der Waals surface area contributed by atoms with Crippen LogP contribution in [0.4, 0.5) is 5.69 Å². The van der Waals surface area contributed by atoms with Crippen LogP contribution in [0.25, 0.3) is 0 Å². The van der Waals surface area contributed by atoms with Crippen molar-refractivity contribution < 1.29 is 99.7 Å². The molecule has 2 rings (SSSR count). The molecule has 0 spiro atoms. The van der Waals surface area contributed by atoms with Crippen LogP contribution >= 0.6 is 31.3 Å². The molecule has 27 heteroatoms. The van der Waals surface area contributed by atoms with Gasteiger partial charge in [-0.1, -0.05) is 0 Å². The van der Waals surface area contributed by atoms with Crippen LogP contribution in [0.15, 0.2) is 12.1 Å². The highest BCUT2D eigenvalue weighted by molar-refractivity contribution is 7.47. The molecule has 1 fully saturated rings. The molecule has 1 aliphatic rings. The van der Waals surface area contributed by atoms with E-state index in [-0.39, 0.29) is 11.5 Å². The Morgan fingerprint density at radius 2 is 1.12 bits per heavy atom. The topological polar surface area (TPSA) is 358 Å². The molecule has 0 heterocycles. The van der Waals surface area contributed by atoms with E-state index in [9.17, 15) is 63.1 Å². The van der Waals surface area contributed by atoms with Gasteiger partial charge in [-0.3, -0.25) is 32.7 Å². The summed E-state index contributed by atoms with van der Waals surface area (Å²) >= 11 is 0. The predicted octanol–water partition coefficient (Wildman–Crippen LogP) is -1.22. The number of nitrogens with zero attached hydrogens (tertiary/aromatic N) is 1. The zero-order valence-corrected chi connectivity index (χ0v) is 24.5. The predicted molar refractivity (Wildman–Crippen MR) is 128 cm³/mol. The summed E-state index contributed by atoms with van der Waals surface area (Å²) in [7, 11) is -20.6. The first kappa shape index (κ1) is 36.8. The number of aliphatic hydroxyl groups is 2. The maximum atomic E-state index is 12.8. The number of methoxy groups -OCH3 is 2. The first-order valence-electron chi connectivity index (χ1n) is 10.6. The summed E-state index contributed by atoms with van der Waals surface area (Å²) in [6.07, 6.45) is -16.5. The molecule has 0 saturated heterocycles. The van der Waals surface area contributed by atoms with E-state index in [1.807, 2.05) is 0 Å². The molecule has 0 bridgehead atoms. The van der Waals surface area contributed by atoms with Gasteiger partial charge in [-0.2, -0.15) is 0 Å². The minimum Gasteiger partial charge on any atom is -0.493 e. The highest BCUT2D eigenvalue weighted by atomic mass is 31.2. The van der Waals surface area contributed by atoms with E-state index in [4.69, 9.17) is 19.3 Å². The molecular formula is C15H25NO22P4. The highest BCUT2D eigenvalue weighted by Gasteiger charge is 2.58. The number of benzene rings is 1. The Morgan fingerprint density at radius 1 is 0.714 bits per heavy atom. The Kier molecular flexibility index (Phi) is 12.0. The molecule has 1 saturated carbocycles. The van der Waals surface area contributed by atoms with E-state index in [1.165, 1.54) is 0 Å². The van der Waals surface area contributed by atoms with Gasteiger partial charge in [-0.25, -0.2) is 18.3 Å². The third kappa shape index (κ3) is 10.3. The summed E-state index contributed by atoms with van der Waals surface area (Å²) in [4.78, 5) is 76.0. The molecule has 242 valence electrons. The van der Waals surface area contributed by atoms with Crippen molar-refractivity contribution >= 4 is 37.0 Å². The second-order valence-corrected chi connectivity index (χ2v) is 13.1. The van der Waals surface area contributed by atoms with Crippen molar-refractivity contribution in [3.63, 3.8) is 0 Å². The normalized spacial score (nSPS) is 26.8. The number of rotatable bonds is 14. The van der Waals surface area contributed by atoms with Crippen LogP contribution in [0, 0.1) is 10.1 Å². The van der Waals surface area contributed by atoms with Crippen molar-refractivity contribution in [3.8, 4) is 11.5 Å². The van der Waals surface area contributed by atoms with Gasteiger partial charge in [0.05, 0.1) is 37.4 Å². The molecule has 23 nitrogen and oxygen atoms in total. The smallest absolute Gasteiger partial charge is 0.472 e. The number of hydrogen-bond acceptors (Lipinski definition) is 15. The van der Waals surface area contributed by atoms with E-state index in [1.54, 1.807) is 0 Å². The second kappa shape index (κ2) is 13.7. The lowest BCUT2D eigenvalue weighted by atomic mass is 9.85. The van der Waals surface area contributed by atoms with Crippen molar-refractivity contribution in [2.24, 2.45) is 0 Å². The molecule has 0 aliphatic heterocycles. The lowest BCUT2D eigenvalue weighted by molar-refractivity contribution is -0.385. The first-order valence-corrected chi connectivity index (χ1v) is 16.7. The molecule has 1 aromatic rings. The molecule has 0 aromatic heterocycles. The van der Waals surface area contributed by atoms with Crippen LogP contribution in [-0.2, 0) is 47.5 Å². The third-order valence-electron chi connectivity index (χ3n) is 5.19. The average molecular weight is 695 g/mol. The van der Waals surface area contributed by atoms with E-state index >= 15 is 0 Å². The van der Waals surface area contributed by atoms with Gasteiger partial charge in [0.1, 0.15) is 36.6 Å². The van der Waals surface area contributed by atoms with Gasteiger partial charge in [0, 0.05) is 0 Å². The van der Waals surface area contributed by atoms with Crippen LogP contribution in [0.5, 0.6) is 11.5 Å². The Bertz CT molecular complexity index is 1320. The molecule has 0 amide bonds. The van der Waals surface area contributed by atoms with Gasteiger partial charge in [-0.15, -0.1) is 0 Å². The van der Waals surface area contributed by atoms with Crippen LogP contribution in [0.2, 0.25) is 0 Å². The fourth-order valence-electron chi connectivity index (χ4n) is 3.65. The number of phosphoric acid groups is 4. The van der Waals surface area contributed by atoms with E-state index < -0.39 is 90.7 Å². The van der Waals surface area contributed by atoms with Crippen molar-refractivity contribution in [3.05, 3.63) is 27.8 Å². The highest BCUT2D eigenvalue weighted by Crippen LogP contribution is 2.54. The van der Waals surface area contributed by atoms with Crippen LogP contribution in [-0.4, -0.2) is 100 Å². The van der Waals surface area contributed by atoms with Crippen molar-refractivity contribution in [1.29, 1.82) is 0 Å². The van der Waals surface area contributed by atoms with Gasteiger partial charge in [0.25, 0.3) is 5.69 Å². The summed E-state index contributed by atoms with van der Waals surface area (Å²) in [5.74, 6) is -0.220. The monoisotopic (exact) mass is 695 g/mol. The fourth-order valence-corrected chi connectivity index (χ4v) is 6.25. The van der Waals surface area contributed by atoms with Gasteiger partial charge < -0.3 is 53.9 Å². The lowest BCUT2D eigenvalue weighted by Crippen LogP contribution is -2.65. The summed E-state index contributed by atoms with van der Waals surface area (Å²) in [6.45, 7) is -1.13. The van der Waals surface area contributed by atoms with Crippen LogP contribution in [0.3, 0.4) is 0 Å². The second-order valence-electron chi connectivity index (χ2n) is 8.07. The maximum absolute atomic E-state index is 12.8. The summed E-state index contributed by atoms with van der Waals surface area (Å²) in [5.41, 5.74) is -1.15. The van der Waals surface area contributed by atoms with Gasteiger partial charge in [0.2, 0.25) is 0 Å². The average Bonchev–Trinajstić information content (AvgIpc) is 2.82. The number of nitro groups is 1.